The molecule has 4 rings (SSSR count). The third-order valence-electron chi connectivity index (χ3n) is 4.85. The van der Waals surface area contributed by atoms with Crippen LogP contribution in [0.25, 0.3) is 38.0 Å². The highest BCUT2D eigenvalue weighted by atomic mass is 35.5. The molecule has 3 N–H and O–H groups in total. The molecular formula is C21H17ClN6O. The largest absolute Gasteiger partial charge is 0.323 e. The van der Waals surface area contributed by atoms with Crippen molar-refractivity contribution in [1.29, 1.82) is 0 Å². The lowest BCUT2D eigenvalue weighted by Crippen LogP contribution is -2.16. The van der Waals surface area contributed by atoms with E-state index in [9.17, 15) is 4.79 Å². The SMILES string of the molecule is [C-]#[N+]c1c(Cl)cccc1-c1c(-c2ccc3c(=O)[nH]nc(C(C)N)c3c2)cnn1C. The molecule has 2 heterocycles. The summed E-state index contributed by atoms with van der Waals surface area (Å²) in [5.74, 6) is 0. The molecule has 4 aromatic rings. The van der Waals surface area contributed by atoms with E-state index in [-0.39, 0.29) is 11.6 Å². The molecule has 144 valence electrons. The Bertz CT molecular complexity index is 1350. The Morgan fingerprint density at radius 2 is 2.03 bits per heavy atom. The van der Waals surface area contributed by atoms with E-state index in [1.807, 2.05) is 32.2 Å². The summed E-state index contributed by atoms with van der Waals surface area (Å²) < 4.78 is 1.71. The number of nitrogens with zero attached hydrogens (tertiary/aromatic N) is 4. The number of nitrogens with one attached hydrogen (secondary N) is 1. The molecule has 1 atom stereocenters. The Kier molecular flexibility index (Phi) is 4.66. The highest BCUT2D eigenvalue weighted by molar-refractivity contribution is 6.34. The first-order valence-corrected chi connectivity index (χ1v) is 9.26. The molecule has 29 heavy (non-hydrogen) atoms. The summed E-state index contributed by atoms with van der Waals surface area (Å²) in [5, 5.41) is 12.6. The van der Waals surface area contributed by atoms with E-state index in [2.05, 4.69) is 20.1 Å². The second-order valence-electron chi connectivity index (χ2n) is 6.77. The molecule has 7 nitrogen and oxygen atoms in total. The van der Waals surface area contributed by atoms with Crippen LogP contribution in [0.2, 0.25) is 5.02 Å². The number of hydrogen-bond donors (Lipinski definition) is 2. The van der Waals surface area contributed by atoms with Crippen LogP contribution in [0.3, 0.4) is 0 Å². The standard InChI is InChI=1S/C21H17ClN6O/c1-11(23)18-15-9-12(7-8-13(15)21(29)27-26-18)16-10-25-28(3)20(16)14-5-4-6-17(22)19(14)24-2/h4-11H,23H2,1,3H3,(H,27,29). The van der Waals surface area contributed by atoms with Gasteiger partial charge in [0.25, 0.3) is 5.56 Å². The monoisotopic (exact) mass is 404 g/mol. The Labute approximate surface area is 171 Å². The Hall–Kier alpha value is -3.47. The molecule has 2 aromatic carbocycles. The van der Waals surface area contributed by atoms with Crippen LogP contribution in [0.5, 0.6) is 0 Å². The van der Waals surface area contributed by atoms with E-state index in [0.717, 1.165) is 16.8 Å². The lowest BCUT2D eigenvalue weighted by molar-refractivity contribution is 0.759. The molecule has 8 heteroatoms. The number of halogens is 1. The maximum atomic E-state index is 12.2. The van der Waals surface area contributed by atoms with Crippen molar-refractivity contribution in [2.75, 3.05) is 0 Å². The topological polar surface area (TPSA) is 93.9 Å². The molecule has 0 aliphatic rings. The summed E-state index contributed by atoms with van der Waals surface area (Å²) in [6.45, 7) is 9.35. The van der Waals surface area contributed by atoms with E-state index in [0.29, 0.717) is 32.7 Å². The number of aromatic nitrogens is 4. The minimum Gasteiger partial charge on any atom is -0.323 e. The van der Waals surface area contributed by atoms with E-state index < -0.39 is 0 Å². The lowest BCUT2D eigenvalue weighted by atomic mass is 9.97. The van der Waals surface area contributed by atoms with Crippen LogP contribution in [0, 0.1) is 6.57 Å². The number of aromatic amines is 1. The van der Waals surface area contributed by atoms with Gasteiger partial charge in [0.2, 0.25) is 5.69 Å². The van der Waals surface area contributed by atoms with Gasteiger partial charge >= 0.3 is 0 Å². The normalized spacial score (nSPS) is 12.1. The van der Waals surface area contributed by atoms with Gasteiger partial charge in [-0.3, -0.25) is 9.48 Å². The van der Waals surface area contributed by atoms with Gasteiger partial charge < -0.3 is 5.73 Å². The smallest absolute Gasteiger partial charge is 0.272 e. The quantitative estimate of drug-likeness (QED) is 0.500. The van der Waals surface area contributed by atoms with E-state index in [1.54, 1.807) is 29.1 Å². The molecule has 0 radical (unpaired) electrons. The second kappa shape index (κ2) is 7.17. The van der Waals surface area contributed by atoms with Crippen molar-refractivity contribution in [2.24, 2.45) is 12.8 Å². The van der Waals surface area contributed by atoms with Crippen molar-refractivity contribution in [3.05, 3.63) is 75.1 Å². The van der Waals surface area contributed by atoms with Gasteiger partial charge in [0.15, 0.2) is 0 Å². The predicted octanol–water partition coefficient (Wildman–Crippen LogP) is 4.21. The Balaban J connectivity index is 2.00. The first-order valence-electron chi connectivity index (χ1n) is 8.89. The van der Waals surface area contributed by atoms with Crippen LogP contribution in [-0.4, -0.2) is 20.0 Å². The zero-order chi connectivity index (χ0) is 20.7. The summed E-state index contributed by atoms with van der Waals surface area (Å²) in [6.07, 6.45) is 1.73. The van der Waals surface area contributed by atoms with E-state index in [1.165, 1.54) is 0 Å². The van der Waals surface area contributed by atoms with Crippen LogP contribution < -0.4 is 11.3 Å². The molecule has 0 bridgehead atoms. The molecule has 0 saturated carbocycles. The van der Waals surface area contributed by atoms with Gasteiger partial charge in [-0.15, -0.1) is 0 Å². The minimum absolute atomic E-state index is 0.271. The summed E-state index contributed by atoms with van der Waals surface area (Å²) in [6, 6.07) is 10.5. The van der Waals surface area contributed by atoms with Gasteiger partial charge in [-0.2, -0.15) is 10.2 Å². The van der Waals surface area contributed by atoms with Gasteiger partial charge in [0.05, 0.1) is 29.5 Å². The maximum absolute atomic E-state index is 12.2. The molecule has 1 unspecified atom stereocenters. The zero-order valence-corrected chi connectivity index (χ0v) is 16.5. The fourth-order valence-electron chi connectivity index (χ4n) is 3.49. The van der Waals surface area contributed by atoms with Crippen molar-refractivity contribution >= 4 is 28.1 Å². The van der Waals surface area contributed by atoms with E-state index >= 15 is 0 Å². The van der Waals surface area contributed by atoms with Gasteiger partial charge in [-0.1, -0.05) is 35.9 Å². The molecule has 2 aromatic heterocycles. The molecular weight excluding hydrogens is 388 g/mol. The van der Waals surface area contributed by atoms with Gasteiger partial charge in [0, 0.05) is 34.6 Å². The number of H-pyrrole nitrogens is 1. The first-order chi connectivity index (χ1) is 13.9. The highest BCUT2D eigenvalue weighted by Crippen LogP contribution is 2.41. The average Bonchev–Trinajstić information content (AvgIpc) is 3.08. The highest BCUT2D eigenvalue weighted by Gasteiger charge is 2.19. The van der Waals surface area contributed by atoms with Crippen LogP contribution in [0.4, 0.5) is 5.69 Å². The number of nitrogens with two attached hydrogens (primary N) is 1. The molecule has 0 amide bonds. The molecule has 0 spiro atoms. The number of fused-ring (bicyclic) bond motifs is 1. The third kappa shape index (κ3) is 3.09. The fraction of sp³-hybridized carbons (Fsp3) is 0.143. The van der Waals surface area contributed by atoms with Crippen LogP contribution in [-0.2, 0) is 7.05 Å². The van der Waals surface area contributed by atoms with Crippen molar-refractivity contribution in [2.45, 2.75) is 13.0 Å². The molecule has 0 aliphatic carbocycles. The Morgan fingerprint density at radius 1 is 1.24 bits per heavy atom. The minimum atomic E-state index is -0.348. The summed E-state index contributed by atoms with van der Waals surface area (Å²) in [5.41, 5.74) is 9.87. The molecule has 0 saturated heterocycles. The lowest BCUT2D eigenvalue weighted by Gasteiger charge is -2.12. The summed E-state index contributed by atoms with van der Waals surface area (Å²) in [7, 11) is 1.81. The zero-order valence-electron chi connectivity index (χ0n) is 15.8. The van der Waals surface area contributed by atoms with Crippen LogP contribution >= 0.6 is 11.6 Å². The number of benzene rings is 2. The van der Waals surface area contributed by atoms with Crippen molar-refractivity contribution in [3.63, 3.8) is 0 Å². The van der Waals surface area contributed by atoms with Crippen LogP contribution in [0.1, 0.15) is 18.7 Å². The predicted molar refractivity (Wildman–Crippen MR) is 114 cm³/mol. The van der Waals surface area contributed by atoms with Crippen molar-refractivity contribution in [3.8, 4) is 22.4 Å². The average molecular weight is 405 g/mol. The molecule has 0 fully saturated rings. The summed E-state index contributed by atoms with van der Waals surface area (Å²) in [4.78, 5) is 15.8. The van der Waals surface area contributed by atoms with E-state index in [4.69, 9.17) is 23.9 Å². The number of rotatable bonds is 3. The number of aryl methyl sites for hydroxylation is 1. The maximum Gasteiger partial charge on any atom is 0.272 e. The van der Waals surface area contributed by atoms with Crippen LogP contribution in [0.15, 0.2) is 47.4 Å². The molecule has 0 aliphatic heterocycles. The summed E-state index contributed by atoms with van der Waals surface area (Å²) >= 11 is 6.24. The fourth-order valence-corrected chi connectivity index (χ4v) is 3.71. The second-order valence-corrected chi connectivity index (χ2v) is 7.17. The third-order valence-corrected chi connectivity index (χ3v) is 5.16. The van der Waals surface area contributed by atoms with Gasteiger partial charge in [-0.25, -0.2) is 9.94 Å². The number of hydrogen-bond acceptors (Lipinski definition) is 4. The first kappa shape index (κ1) is 18.9. The van der Waals surface area contributed by atoms with Gasteiger partial charge in [-0.05, 0) is 24.6 Å². The van der Waals surface area contributed by atoms with Crippen molar-refractivity contribution < 1.29 is 0 Å². The number of para-hydroxylation sites is 1. The van der Waals surface area contributed by atoms with Crippen molar-refractivity contribution in [1.82, 2.24) is 20.0 Å². The van der Waals surface area contributed by atoms with Gasteiger partial charge in [0.1, 0.15) is 0 Å². The Morgan fingerprint density at radius 3 is 2.76 bits per heavy atom.